The van der Waals surface area contributed by atoms with Crippen LogP contribution in [-0.4, -0.2) is 38.3 Å². The van der Waals surface area contributed by atoms with Gasteiger partial charge < -0.3 is 30.2 Å². The molecular formula is C20H22N4O5S. The van der Waals surface area contributed by atoms with Crippen molar-refractivity contribution in [3.63, 3.8) is 0 Å². The lowest BCUT2D eigenvalue weighted by Crippen LogP contribution is -2.19. The van der Waals surface area contributed by atoms with E-state index in [1.54, 1.807) is 44.4 Å². The number of methoxy groups -OCH3 is 3. The number of nitrogens with one attached hydrogen (secondary N) is 3. The molecule has 0 bridgehead atoms. The van der Waals surface area contributed by atoms with Crippen molar-refractivity contribution in [2.24, 2.45) is 0 Å². The van der Waals surface area contributed by atoms with Gasteiger partial charge in [0.05, 0.1) is 31.7 Å². The first-order chi connectivity index (χ1) is 14.5. The molecule has 1 heterocycles. The van der Waals surface area contributed by atoms with Gasteiger partial charge in [-0.05, 0) is 18.2 Å². The summed E-state index contributed by atoms with van der Waals surface area (Å²) in [5.74, 6) is 1.44. The molecule has 0 atom stereocenters. The maximum absolute atomic E-state index is 12.5. The number of ether oxygens (including phenoxy) is 3. The smallest absolute Gasteiger partial charge is 0.323 e. The van der Waals surface area contributed by atoms with Crippen LogP contribution < -0.4 is 30.2 Å². The molecular weight excluding hydrogens is 408 g/mol. The van der Waals surface area contributed by atoms with Crippen molar-refractivity contribution in [3.8, 4) is 17.2 Å². The molecule has 9 nitrogen and oxygen atoms in total. The minimum Gasteiger partial charge on any atom is -0.497 e. The molecule has 0 unspecified atom stereocenters. The van der Waals surface area contributed by atoms with Gasteiger partial charge in [-0.15, -0.1) is 0 Å². The Labute approximate surface area is 177 Å². The molecule has 0 aliphatic carbocycles. The number of urea groups is 1. The molecule has 0 saturated carbocycles. The maximum Gasteiger partial charge on any atom is 0.323 e. The van der Waals surface area contributed by atoms with E-state index in [9.17, 15) is 9.59 Å². The molecule has 0 aliphatic rings. The Balaban J connectivity index is 1.81. The number of rotatable bonds is 7. The number of nitrogens with zero attached hydrogens (tertiary/aromatic N) is 1. The van der Waals surface area contributed by atoms with Gasteiger partial charge in [0, 0.05) is 24.2 Å². The third kappa shape index (κ3) is 4.71. The van der Waals surface area contributed by atoms with Crippen molar-refractivity contribution in [2.75, 3.05) is 37.3 Å². The fourth-order valence-corrected chi connectivity index (χ4v) is 3.61. The standard InChI is InChI=1S/C20H22N4O5S/c1-5-17(25)23-20-24-18-15(29-4)8-11(9-16(18)30-20)21-19(26)22-13-7-6-12(27-2)10-14(13)28-3/h6-10H,5H2,1-4H3,(H2,21,22,26)(H,23,24,25). The number of hydrogen-bond acceptors (Lipinski definition) is 7. The zero-order valence-electron chi connectivity index (χ0n) is 17.0. The van der Waals surface area contributed by atoms with Crippen LogP contribution in [0.1, 0.15) is 13.3 Å². The lowest BCUT2D eigenvalue weighted by molar-refractivity contribution is -0.115. The van der Waals surface area contributed by atoms with E-state index < -0.39 is 6.03 Å². The fourth-order valence-electron chi connectivity index (χ4n) is 2.67. The molecule has 0 fully saturated rings. The Kier molecular flexibility index (Phi) is 6.58. The summed E-state index contributed by atoms with van der Waals surface area (Å²) < 4.78 is 16.6. The Morgan fingerprint density at radius 1 is 0.967 bits per heavy atom. The lowest BCUT2D eigenvalue weighted by atomic mass is 10.2. The van der Waals surface area contributed by atoms with Crippen LogP contribution in [0.4, 0.5) is 21.3 Å². The van der Waals surface area contributed by atoms with Crippen molar-refractivity contribution in [2.45, 2.75) is 13.3 Å². The van der Waals surface area contributed by atoms with E-state index in [1.165, 1.54) is 25.6 Å². The molecule has 1 aromatic heterocycles. The van der Waals surface area contributed by atoms with E-state index in [4.69, 9.17) is 14.2 Å². The Bertz CT molecular complexity index is 1080. The first-order valence-corrected chi connectivity index (χ1v) is 9.87. The first kappa shape index (κ1) is 21.2. The third-order valence-corrected chi connectivity index (χ3v) is 5.08. The number of anilines is 3. The van der Waals surface area contributed by atoms with Crippen LogP contribution >= 0.6 is 11.3 Å². The number of aromatic nitrogens is 1. The molecule has 2 aromatic carbocycles. The molecule has 10 heteroatoms. The molecule has 3 aromatic rings. The summed E-state index contributed by atoms with van der Waals surface area (Å²) >= 11 is 1.30. The number of benzene rings is 2. The van der Waals surface area contributed by atoms with Gasteiger partial charge in [0.15, 0.2) is 5.13 Å². The topological polar surface area (TPSA) is 111 Å². The summed E-state index contributed by atoms with van der Waals surface area (Å²) in [7, 11) is 4.58. The van der Waals surface area contributed by atoms with E-state index in [0.29, 0.717) is 45.7 Å². The van der Waals surface area contributed by atoms with E-state index in [-0.39, 0.29) is 5.91 Å². The minimum atomic E-state index is -0.455. The molecule has 30 heavy (non-hydrogen) atoms. The highest BCUT2D eigenvalue weighted by molar-refractivity contribution is 7.22. The molecule has 158 valence electrons. The van der Waals surface area contributed by atoms with Crippen LogP contribution in [0, 0.1) is 0 Å². The molecule has 0 radical (unpaired) electrons. The summed E-state index contributed by atoms with van der Waals surface area (Å²) in [5.41, 5.74) is 1.62. The number of hydrogen-bond donors (Lipinski definition) is 3. The zero-order valence-corrected chi connectivity index (χ0v) is 17.8. The SMILES string of the molecule is CCC(=O)Nc1nc2c(OC)cc(NC(=O)Nc3ccc(OC)cc3OC)cc2s1. The molecule has 3 N–H and O–H groups in total. The number of amides is 3. The van der Waals surface area contributed by atoms with Crippen LogP contribution in [0.15, 0.2) is 30.3 Å². The highest BCUT2D eigenvalue weighted by Crippen LogP contribution is 2.36. The Morgan fingerprint density at radius 3 is 2.40 bits per heavy atom. The van der Waals surface area contributed by atoms with Crippen LogP contribution in [0.3, 0.4) is 0 Å². The summed E-state index contributed by atoms with van der Waals surface area (Å²) in [4.78, 5) is 28.5. The van der Waals surface area contributed by atoms with Crippen molar-refractivity contribution in [1.29, 1.82) is 0 Å². The van der Waals surface area contributed by atoms with Crippen molar-refractivity contribution < 1.29 is 23.8 Å². The van der Waals surface area contributed by atoms with E-state index in [0.717, 1.165) is 4.70 Å². The lowest BCUT2D eigenvalue weighted by Gasteiger charge is -2.13. The predicted octanol–water partition coefficient (Wildman–Crippen LogP) is 4.31. The van der Waals surface area contributed by atoms with Crippen molar-refractivity contribution in [1.82, 2.24) is 4.98 Å². The highest BCUT2D eigenvalue weighted by atomic mass is 32.1. The van der Waals surface area contributed by atoms with Gasteiger partial charge in [0.1, 0.15) is 22.8 Å². The molecule has 3 amide bonds. The van der Waals surface area contributed by atoms with Gasteiger partial charge in [-0.1, -0.05) is 18.3 Å². The average molecular weight is 430 g/mol. The largest absolute Gasteiger partial charge is 0.497 e. The number of thiazole rings is 1. The zero-order chi connectivity index (χ0) is 21.7. The highest BCUT2D eigenvalue weighted by Gasteiger charge is 2.15. The van der Waals surface area contributed by atoms with E-state index >= 15 is 0 Å². The van der Waals surface area contributed by atoms with Crippen LogP contribution in [0.2, 0.25) is 0 Å². The summed E-state index contributed by atoms with van der Waals surface area (Å²) in [6.45, 7) is 1.77. The number of fused-ring (bicyclic) bond motifs is 1. The summed E-state index contributed by atoms with van der Waals surface area (Å²) in [5, 5.41) is 8.73. The van der Waals surface area contributed by atoms with Gasteiger partial charge in [0.25, 0.3) is 0 Å². The monoisotopic (exact) mass is 430 g/mol. The number of carbonyl (C=O) groups excluding carboxylic acids is 2. The molecule has 0 spiro atoms. The van der Waals surface area contributed by atoms with Gasteiger partial charge in [-0.2, -0.15) is 0 Å². The van der Waals surface area contributed by atoms with Gasteiger partial charge in [0.2, 0.25) is 5.91 Å². The quantitative estimate of drug-likeness (QED) is 0.515. The minimum absolute atomic E-state index is 0.126. The van der Waals surface area contributed by atoms with Crippen molar-refractivity contribution in [3.05, 3.63) is 30.3 Å². The average Bonchev–Trinajstić information content (AvgIpc) is 3.15. The van der Waals surface area contributed by atoms with Crippen LogP contribution in [0.5, 0.6) is 17.2 Å². The second kappa shape index (κ2) is 9.31. The van der Waals surface area contributed by atoms with Crippen molar-refractivity contribution >= 4 is 50.0 Å². The van der Waals surface area contributed by atoms with Crippen LogP contribution in [-0.2, 0) is 4.79 Å². The maximum atomic E-state index is 12.5. The summed E-state index contributed by atoms with van der Waals surface area (Å²) in [6, 6.07) is 8.06. The fraction of sp³-hybridized carbons (Fsp3) is 0.250. The van der Waals surface area contributed by atoms with E-state index in [1.807, 2.05) is 0 Å². The van der Waals surface area contributed by atoms with Gasteiger partial charge >= 0.3 is 6.03 Å². The number of carbonyl (C=O) groups is 2. The van der Waals surface area contributed by atoms with Gasteiger partial charge in [-0.25, -0.2) is 9.78 Å². The molecule has 0 saturated heterocycles. The predicted molar refractivity (Wildman–Crippen MR) is 117 cm³/mol. The Morgan fingerprint density at radius 2 is 1.73 bits per heavy atom. The molecule has 3 rings (SSSR count). The van der Waals surface area contributed by atoms with Crippen LogP contribution in [0.25, 0.3) is 10.2 Å². The normalized spacial score (nSPS) is 10.4. The summed E-state index contributed by atoms with van der Waals surface area (Å²) in [6.07, 6.45) is 0.356. The third-order valence-electron chi connectivity index (χ3n) is 4.16. The second-order valence-electron chi connectivity index (χ2n) is 6.09. The Hall–Kier alpha value is -3.53. The first-order valence-electron chi connectivity index (χ1n) is 9.05. The second-order valence-corrected chi connectivity index (χ2v) is 7.12. The van der Waals surface area contributed by atoms with E-state index in [2.05, 4.69) is 20.9 Å². The van der Waals surface area contributed by atoms with Gasteiger partial charge in [-0.3, -0.25) is 4.79 Å². The molecule has 0 aliphatic heterocycles.